The van der Waals surface area contributed by atoms with Gasteiger partial charge in [0, 0.05) is 20.1 Å². The third kappa shape index (κ3) is 2.05. The highest BCUT2D eigenvalue weighted by Gasteiger charge is 2.26. The first-order valence-electron chi connectivity index (χ1n) is 6.36. The number of carbonyl (C=O) groups excluding carboxylic acids is 1. The monoisotopic (exact) mass is 269 g/mol. The number of fused-ring (bicyclic) bond motifs is 1. The number of benzene rings is 1. The summed E-state index contributed by atoms with van der Waals surface area (Å²) < 4.78 is 0. The number of nitrogens with zero attached hydrogens (tertiary/aromatic N) is 4. The molecule has 2 aromatic rings. The van der Waals surface area contributed by atoms with Crippen LogP contribution in [0, 0.1) is 0 Å². The van der Waals surface area contributed by atoms with Crippen LogP contribution in [0.25, 0.3) is 0 Å². The number of amides is 1. The van der Waals surface area contributed by atoms with Crippen molar-refractivity contribution in [2.75, 3.05) is 35.7 Å². The van der Waals surface area contributed by atoms with Crippen LogP contribution in [0.4, 0.5) is 17.2 Å². The predicted octanol–water partition coefficient (Wildman–Crippen LogP) is 1.16. The van der Waals surface area contributed by atoms with Crippen molar-refractivity contribution >= 4 is 23.1 Å². The van der Waals surface area contributed by atoms with E-state index < -0.39 is 0 Å². The van der Waals surface area contributed by atoms with E-state index in [0.29, 0.717) is 6.54 Å². The van der Waals surface area contributed by atoms with Gasteiger partial charge in [-0.15, -0.1) is 0 Å². The van der Waals surface area contributed by atoms with Gasteiger partial charge in [0.05, 0.1) is 23.8 Å². The Hall–Kier alpha value is -2.63. The summed E-state index contributed by atoms with van der Waals surface area (Å²) in [6.45, 7) is 1.39. The van der Waals surface area contributed by atoms with Gasteiger partial charge in [-0.1, -0.05) is 12.1 Å². The molecular weight excluding hydrogens is 254 g/mol. The Balaban J connectivity index is 1.99. The molecule has 102 valence electrons. The second kappa shape index (κ2) is 4.80. The summed E-state index contributed by atoms with van der Waals surface area (Å²) in [5.41, 5.74) is 7.77. The molecule has 0 aliphatic carbocycles. The van der Waals surface area contributed by atoms with Crippen LogP contribution in [0.1, 0.15) is 10.5 Å². The SMILES string of the molecule is CN1CCN(C(=O)c2cncc(N)n2)c2ccccc21. The van der Waals surface area contributed by atoms with Crippen molar-refractivity contribution in [3.63, 3.8) is 0 Å². The van der Waals surface area contributed by atoms with E-state index in [2.05, 4.69) is 14.9 Å². The van der Waals surface area contributed by atoms with Gasteiger partial charge in [-0.05, 0) is 12.1 Å². The number of rotatable bonds is 1. The van der Waals surface area contributed by atoms with Crippen molar-refractivity contribution in [3.8, 4) is 0 Å². The van der Waals surface area contributed by atoms with Crippen LogP contribution in [0.15, 0.2) is 36.7 Å². The number of carbonyl (C=O) groups is 1. The van der Waals surface area contributed by atoms with Gasteiger partial charge in [0.2, 0.25) is 0 Å². The van der Waals surface area contributed by atoms with Crippen LogP contribution in [0.5, 0.6) is 0 Å². The first-order chi connectivity index (χ1) is 9.66. The molecule has 1 amide bonds. The summed E-state index contributed by atoms with van der Waals surface area (Å²) in [5, 5.41) is 0. The number of hydrogen-bond acceptors (Lipinski definition) is 5. The molecule has 6 heteroatoms. The molecule has 0 saturated heterocycles. The zero-order valence-electron chi connectivity index (χ0n) is 11.2. The Bertz CT molecular complexity index is 658. The molecular formula is C14H15N5O. The number of nitrogens with two attached hydrogens (primary N) is 1. The van der Waals surface area contributed by atoms with Crippen molar-refractivity contribution in [1.82, 2.24) is 9.97 Å². The maximum absolute atomic E-state index is 12.6. The smallest absolute Gasteiger partial charge is 0.278 e. The summed E-state index contributed by atoms with van der Waals surface area (Å²) in [6.07, 6.45) is 2.87. The normalized spacial score (nSPS) is 14.1. The molecule has 3 rings (SSSR count). The minimum Gasteiger partial charge on any atom is -0.382 e. The molecule has 2 heterocycles. The van der Waals surface area contributed by atoms with Gasteiger partial charge < -0.3 is 15.5 Å². The highest BCUT2D eigenvalue weighted by molar-refractivity contribution is 6.07. The molecule has 1 aliphatic rings. The largest absolute Gasteiger partial charge is 0.382 e. The maximum atomic E-state index is 12.6. The molecule has 0 saturated carbocycles. The van der Waals surface area contributed by atoms with Gasteiger partial charge in [-0.3, -0.25) is 9.78 Å². The molecule has 2 N–H and O–H groups in total. The van der Waals surface area contributed by atoms with Crippen molar-refractivity contribution in [2.45, 2.75) is 0 Å². The average molecular weight is 269 g/mol. The lowest BCUT2D eigenvalue weighted by atomic mass is 10.1. The molecule has 0 fully saturated rings. The van der Waals surface area contributed by atoms with Crippen molar-refractivity contribution in [2.24, 2.45) is 0 Å². The van der Waals surface area contributed by atoms with E-state index in [1.807, 2.05) is 31.3 Å². The molecule has 1 aliphatic heterocycles. The van der Waals surface area contributed by atoms with E-state index in [0.717, 1.165) is 17.9 Å². The van der Waals surface area contributed by atoms with Crippen LogP contribution in [0.2, 0.25) is 0 Å². The van der Waals surface area contributed by atoms with E-state index in [1.165, 1.54) is 12.4 Å². The molecule has 20 heavy (non-hydrogen) atoms. The number of aromatic nitrogens is 2. The third-order valence-corrected chi connectivity index (χ3v) is 3.36. The lowest BCUT2D eigenvalue weighted by Crippen LogP contribution is -2.43. The van der Waals surface area contributed by atoms with E-state index in [1.54, 1.807) is 4.90 Å². The minimum atomic E-state index is -0.176. The van der Waals surface area contributed by atoms with Gasteiger partial charge in [-0.2, -0.15) is 0 Å². The highest BCUT2D eigenvalue weighted by Crippen LogP contribution is 2.32. The molecule has 0 atom stereocenters. The fourth-order valence-electron chi connectivity index (χ4n) is 2.34. The highest BCUT2D eigenvalue weighted by atomic mass is 16.2. The molecule has 1 aromatic carbocycles. The summed E-state index contributed by atoms with van der Waals surface area (Å²) in [4.78, 5) is 24.4. The summed E-state index contributed by atoms with van der Waals surface area (Å²) in [5.74, 6) is 0.0728. The Morgan fingerprint density at radius 1 is 1.20 bits per heavy atom. The molecule has 6 nitrogen and oxygen atoms in total. The lowest BCUT2D eigenvalue weighted by Gasteiger charge is -2.35. The Kier molecular flexibility index (Phi) is 2.98. The van der Waals surface area contributed by atoms with Gasteiger partial charge >= 0.3 is 0 Å². The van der Waals surface area contributed by atoms with Crippen LogP contribution in [-0.2, 0) is 0 Å². The topological polar surface area (TPSA) is 75.3 Å². The summed E-state index contributed by atoms with van der Waals surface area (Å²) in [7, 11) is 2.01. The third-order valence-electron chi connectivity index (χ3n) is 3.36. The first-order valence-corrected chi connectivity index (χ1v) is 6.36. The standard InChI is InChI=1S/C14H15N5O/c1-18-6-7-19(12-5-3-2-4-11(12)18)14(20)10-8-16-9-13(15)17-10/h2-5,8-9H,6-7H2,1H3,(H2,15,17). The molecule has 0 unspecified atom stereocenters. The summed E-state index contributed by atoms with van der Waals surface area (Å²) >= 11 is 0. The fourth-order valence-corrected chi connectivity index (χ4v) is 2.34. The van der Waals surface area contributed by atoms with E-state index in [4.69, 9.17) is 5.73 Å². The number of likely N-dealkylation sites (N-methyl/N-ethyl adjacent to an activating group) is 1. The number of anilines is 3. The molecule has 0 spiro atoms. The minimum absolute atomic E-state index is 0.176. The Labute approximate surface area is 116 Å². The average Bonchev–Trinajstić information content (AvgIpc) is 2.47. The Morgan fingerprint density at radius 3 is 2.70 bits per heavy atom. The molecule has 0 radical (unpaired) electrons. The molecule has 1 aromatic heterocycles. The second-order valence-electron chi connectivity index (χ2n) is 4.70. The first kappa shape index (κ1) is 12.4. The number of hydrogen-bond donors (Lipinski definition) is 1. The quantitative estimate of drug-likeness (QED) is 0.840. The zero-order chi connectivity index (χ0) is 14.1. The van der Waals surface area contributed by atoms with Crippen molar-refractivity contribution < 1.29 is 4.79 Å². The van der Waals surface area contributed by atoms with E-state index in [9.17, 15) is 4.79 Å². The number of nitrogen functional groups attached to an aromatic ring is 1. The summed E-state index contributed by atoms with van der Waals surface area (Å²) in [6, 6.07) is 7.81. The van der Waals surface area contributed by atoms with Gasteiger partial charge in [0.25, 0.3) is 5.91 Å². The van der Waals surface area contributed by atoms with E-state index in [-0.39, 0.29) is 17.4 Å². The van der Waals surface area contributed by atoms with Gasteiger partial charge in [0.1, 0.15) is 11.5 Å². The van der Waals surface area contributed by atoms with Crippen molar-refractivity contribution in [1.29, 1.82) is 0 Å². The maximum Gasteiger partial charge on any atom is 0.278 e. The number of para-hydroxylation sites is 2. The van der Waals surface area contributed by atoms with E-state index >= 15 is 0 Å². The van der Waals surface area contributed by atoms with Gasteiger partial charge in [-0.25, -0.2) is 4.98 Å². The molecule has 0 bridgehead atoms. The predicted molar refractivity (Wildman–Crippen MR) is 77.8 cm³/mol. The fraction of sp³-hybridized carbons (Fsp3) is 0.214. The van der Waals surface area contributed by atoms with Gasteiger partial charge in [0.15, 0.2) is 0 Å². The van der Waals surface area contributed by atoms with Crippen LogP contribution in [-0.4, -0.2) is 36.0 Å². The van der Waals surface area contributed by atoms with Crippen LogP contribution in [0.3, 0.4) is 0 Å². The van der Waals surface area contributed by atoms with Crippen LogP contribution < -0.4 is 15.5 Å². The van der Waals surface area contributed by atoms with Crippen LogP contribution >= 0.6 is 0 Å². The Morgan fingerprint density at radius 2 is 1.95 bits per heavy atom. The lowest BCUT2D eigenvalue weighted by molar-refractivity contribution is 0.0981. The van der Waals surface area contributed by atoms with Crippen molar-refractivity contribution in [3.05, 3.63) is 42.4 Å². The zero-order valence-corrected chi connectivity index (χ0v) is 11.2. The second-order valence-corrected chi connectivity index (χ2v) is 4.70.